The molecular weight excluding hydrogens is 276 g/mol. The van der Waals surface area contributed by atoms with E-state index in [1.807, 2.05) is 0 Å². The summed E-state index contributed by atoms with van der Waals surface area (Å²) < 4.78 is 53.0. The lowest BCUT2D eigenvalue weighted by molar-refractivity contribution is -0.213. The maximum Gasteiger partial charge on any atom is 0.404 e. The second kappa shape index (κ2) is 5.05. The summed E-state index contributed by atoms with van der Waals surface area (Å²) >= 11 is 0. The van der Waals surface area contributed by atoms with Gasteiger partial charge in [0.25, 0.3) is 0 Å². The molecule has 1 amide bonds. The Bertz CT molecular complexity index is 522. The first-order valence-corrected chi connectivity index (χ1v) is 6.11. The molecule has 1 heterocycles. The molecule has 1 fully saturated rings. The number of aryl methyl sites for hydroxylation is 1. The fourth-order valence-corrected chi connectivity index (χ4v) is 2.23. The highest BCUT2D eigenvalue weighted by atomic mass is 19.4. The van der Waals surface area contributed by atoms with Crippen molar-refractivity contribution in [2.45, 2.75) is 19.5 Å². The fourth-order valence-electron chi connectivity index (χ4n) is 2.23. The summed E-state index contributed by atoms with van der Waals surface area (Å²) in [5.41, 5.74) is -2.08. The molecule has 0 saturated carbocycles. The van der Waals surface area contributed by atoms with Gasteiger partial charge in [0.2, 0.25) is 5.91 Å². The van der Waals surface area contributed by atoms with Crippen LogP contribution in [0.5, 0.6) is 0 Å². The van der Waals surface area contributed by atoms with E-state index in [0.717, 1.165) is 6.07 Å². The molecular formula is C13H14F4N2O. The van der Waals surface area contributed by atoms with Gasteiger partial charge >= 0.3 is 6.18 Å². The van der Waals surface area contributed by atoms with Gasteiger partial charge < -0.3 is 10.6 Å². The van der Waals surface area contributed by atoms with Gasteiger partial charge in [-0.3, -0.25) is 4.79 Å². The number of halogens is 4. The average Bonchev–Trinajstić information content (AvgIpc) is 2.83. The molecule has 2 rings (SSSR count). The smallest absolute Gasteiger partial charge is 0.323 e. The molecule has 0 spiro atoms. The Morgan fingerprint density at radius 3 is 2.65 bits per heavy atom. The number of rotatable bonds is 2. The molecule has 3 nitrogen and oxygen atoms in total. The van der Waals surface area contributed by atoms with Crippen molar-refractivity contribution < 1.29 is 22.4 Å². The maximum absolute atomic E-state index is 13.5. The molecule has 1 atom stereocenters. The van der Waals surface area contributed by atoms with Crippen molar-refractivity contribution >= 4 is 11.6 Å². The quantitative estimate of drug-likeness (QED) is 0.822. The summed E-state index contributed by atoms with van der Waals surface area (Å²) in [6.07, 6.45) is -5.03. The number of amides is 1. The largest absolute Gasteiger partial charge is 0.404 e. The molecule has 0 bridgehead atoms. The van der Waals surface area contributed by atoms with Crippen LogP contribution in [0.3, 0.4) is 0 Å². The number of benzene rings is 1. The Hall–Kier alpha value is -1.63. The van der Waals surface area contributed by atoms with Crippen molar-refractivity contribution in [1.82, 2.24) is 5.32 Å². The van der Waals surface area contributed by atoms with E-state index in [9.17, 15) is 22.4 Å². The number of carbonyl (C=O) groups excluding carboxylic acids is 1. The van der Waals surface area contributed by atoms with Gasteiger partial charge in [-0.05, 0) is 37.6 Å². The molecule has 1 unspecified atom stereocenters. The summed E-state index contributed by atoms with van der Waals surface area (Å²) in [6, 6.07) is 3.89. The average molecular weight is 290 g/mol. The summed E-state index contributed by atoms with van der Waals surface area (Å²) in [5, 5.41) is 4.60. The minimum atomic E-state index is -4.68. The van der Waals surface area contributed by atoms with E-state index in [4.69, 9.17) is 0 Å². The molecule has 2 N–H and O–H groups in total. The maximum atomic E-state index is 13.5. The summed E-state index contributed by atoms with van der Waals surface area (Å²) in [7, 11) is 0. The van der Waals surface area contributed by atoms with Gasteiger partial charge in [0.15, 0.2) is 5.41 Å². The summed E-state index contributed by atoms with van der Waals surface area (Å²) in [4.78, 5) is 12.0. The number of nitrogens with one attached hydrogen (secondary N) is 2. The zero-order valence-electron chi connectivity index (χ0n) is 10.8. The molecule has 1 aromatic rings. The van der Waals surface area contributed by atoms with Crippen LogP contribution < -0.4 is 10.6 Å². The van der Waals surface area contributed by atoms with E-state index >= 15 is 0 Å². The standard InChI is InChI=1S/C13H14F4N2O/c1-8-2-3-9(14)10(6-8)19-11(20)12(13(15,16)17)4-5-18-7-12/h2-3,6,18H,4-5,7H2,1H3,(H,19,20). The highest BCUT2D eigenvalue weighted by Crippen LogP contribution is 2.43. The predicted molar refractivity (Wildman–Crippen MR) is 65.7 cm³/mol. The third-order valence-electron chi connectivity index (χ3n) is 3.50. The van der Waals surface area contributed by atoms with E-state index in [-0.39, 0.29) is 18.7 Å². The van der Waals surface area contributed by atoms with Gasteiger partial charge in [-0.1, -0.05) is 6.07 Å². The van der Waals surface area contributed by atoms with E-state index in [2.05, 4.69) is 10.6 Å². The summed E-state index contributed by atoms with van der Waals surface area (Å²) in [6.45, 7) is 1.27. The van der Waals surface area contributed by atoms with E-state index in [1.54, 1.807) is 6.92 Å². The van der Waals surface area contributed by atoms with Crippen LogP contribution in [-0.4, -0.2) is 25.2 Å². The van der Waals surface area contributed by atoms with Crippen LogP contribution in [0, 0.1) is 18.2 Å². The van der Waals surface area contributed by atoms with Crippen LogP contribution >= 0.6 is 0 Å². The number of hydrogen-bond acceptors (Lipinski definition) is 2. The Labute approximate surface area is 113 Å². The van der Waals surface area contributed by atoms with Gasteiger partial charge in [-0.25, -0.2) is 4.39 Å². The normalized spacial score (nSPS) is 22.9. The third-order valence-corrected chi connectivity index (χ3v) is 3.50. The third kappa shape index (κ3) is 2.49. The Morgan fingerprint density at radius 1 is 1.40 bits per heavy atom. The molecule has 0 aromatic heterocycles. The topological polar surface area (TPSA) is 41.1 Å². The van der Waals surface area contributed by atoms with Gasteiger partial charge in [-0.2, -0.15) is 13.2 Å². The van der Waals surface area contributed by atoms with Crippen molar-refractivity contribution in [2.24, 2.45) is 5.41 Å². The molecule has 110 valence electrons. The second-order valence-electron chi connectivity index (χ2n) is 4.94. The first-order valence-electron chi connectivity index (χ1n) is 6.11. The minimum absolute atomic E-state index is 0.100. The first-order chi connectivity index (χ1) is 9.26. The molecule has 1 aliphatic rings. The van der Waals surface area contributed by atoms with Crippen LogP contribution in [0.4, 0.5) is 23.2 Å². The van der Waals surface area contributed by atoms with E-state index in [0.29, 0.717) is 5.56 Å². The van der Waals surface area contributed by atoms with Gasteiger partial charge in [-0.15, -0.1) is 0 Å². The molecule has 1 saturated heterocycles. The van der Waals surface area contributed by atoms with Crippen LogP contribution in [0.15, 0.2) is 18.2 Å². The predicted octanol–water partition coefficient (Wildman–Crippen LogP) is 2.61. The lowest BCUT2D eigenvalue weighted by Crippen LogP contribution is -2.49. The van der Waals surface area contributed by atoms with Crippen LogP contribution in [0.2, 0.25) is 0 Å². The molecule has 7 heteroatoms. The SMILES string of the molecule is Cc1ccc(F)c(NC(=O)C2(C(F)(F)F)CCNC2)c1. The number of anilines is 1. The highest BCUT2D eigenvalue weighted by molar-refractivity contribution is 5.96. The minimum Gasteiger partial charge on any atom is -0.323 e. The molecule has 1 aliphatic heterocycles. The van der Waals surface area contributed by atoms with Gasteiger partial charge in [0.05, 0.1) is 5.69 Å². The lowest BCUT2D eigenvalue weighted by atomic mass is 9.85. The number of carbonyl (C=O) groups is 1. The van der Waals surface area contributed by atoms with Crippen molar-refractivity contribution in [3.63, 3.8) is 0 Å². The van der Waals surface area contributed by atoms with Crippen LogP contribution in [0.1, 0.15) is 12.0 Å². The molecule has 0 aliphatic carbocycles. The van der Waals surface area contributed by atoms with Crippen molar-refractivity contribution in [3.05, 3.63) is 29.6 Å². The zero-order chi connectivity index (χ0) is 15.0. The van der Waals surface area contributed by atoms with Crippen LogP contribution in [-0.2, 0) is 4.79 Å². The molecule has 20 heavy (non-hydrogen) atoms. The highest BCUT2D eigenvalue weighted by Gasteiger charge is 2.61. The Balaban J connectivity index is 2.28. The van der Waals surface area contributed by atoms with E-state index < -0.39 is 29.9 Å². The van der Waals surface area contributed by atoms with E-state index in [1.165, 1.54) is 12.1 Å². The monoisotopic (exact) mass is 290 g/mol. The number of hydrogen-bond donors (Lipinski definition) is 2. The van der Waals surface area contributed by atoms with Crippen molar-refractivity contribution in [2.75, 3.05) is 18.4 Å². The van der Waals surface area contributed by atoms with Gasteiger partial charge in [0, 0.05) is 6.54 Å². The molecule has 1 aromatic carbocycles. The Morgan fingerprint density at radius 2 is 2.10 bits per heavy atom. The fraction of sp³-hybridized carbons (Fsp3) is 0.462. The zero-order valence-corrected chi connectivity index (χ0v) is 10.8. The first kappa shape index (κ1) is 14.8. The number of alkyl halides is 3. The van der Waals surface area contributed by atoms with Crippen molar-refractivity contribution in [1.29, 1.82) is 0 Å². The Kier molecular flexibility index (Phi) is 3.73. The molecule has 0 radical (unpaired) electrons. The lowest BCUT2D eigenvalue weighted by Gasteiger charge is -2.29. The second-order valence-corrected chi connectivity index (χ2v) is 4.94. The van der Waals surface area contributed by atoms with Crippen LogP contribution in [0.25, 0.3) is 0 Å². The summed E-state index contributed by atoms with van der Waals surface area (Å²) in [5.74, 6) is -1.98. The van der Waals surface area contributed by atoms with Crippen molar-refractivity contribution in [3.8, 4) is 0 Å². The van der Waals surface area contributed by atoms with Gasteiger partial charge in [0.1, 0.15) is 5.82 Å².